The van der Waals surface area contributed by atoms with Crippen molar-refractivity contribution >= 4 is 5.82 Å². The van der Waals surface area contributed by atoms with Crippen LogP contribution in [0.3, 0.4) is 0 Å². The van der Waals surface area contributed by atoms with Gasteiger partial charge in [-0.15, -0.1) is 0 Å². The van der Waals surface area contributed by atoms with Crippen molar-refractivity contribution in [2.75, 3.05) is 12.3 Å². The van der Waals surface area contributed by atoms with Gasteiger partial charge < -0.3 is 10.5 Å². The van der Waals surface area contributed by atoms with E-state index < -0.39 is 0 Å². The monoisotopic (exact) mass is 242 g/mol. The number of nitrogen functional groups attached to an aromatic ring is 1. The maximum Gasteiger partial charge on any atom is 0.131 e. The molecule has 0 aliphatic carbocycles. The van der Waals surface area contributed by atoms with Gasteiger partial charge in [-0.1, -0.05) is 19.1 Å². The summed E-state index contributed by atoms with van der Waals surface area (Å²) in [5.74, 6) is 1.45. The molecule has 1 aromatic carbocycles. The lowest BCUT2D eigenvalue weighted by Crippen LogP contribution is -1.96. The van der Waals surface area contributed by atoms with Gasteiger partial charge >= 0.3 is 0 Å². The molecule has 2 rings (SSSR count). The van der Waals surface area contributed by atoms with E-state index >= 15 is 0 Å². The van der Waals surface area contributed by atoms with Gasteiger partial charge in [0.25, 0.3) is 0 Å². The van der Waals surface area contributed by atoms with E-state index in [0.29, 0.717) is 5.82 Å². The molecule has 0 aliphatic rings. The Kier molecular flexibility index (Phi) is 3.82. The first-order valence-electron chi connectivity index (χ1n) is 6.16. The van der Waals surface area contributed by atoms with Crippen LogP contribution in [-0.2, 0) is 0 Å². The molecule has 0 unspecified atom stereocenters. The Hall–Kier alpha value is -2.03. The van der Waals surface area contributed by atoms with E-state index in [1.807, 2.05) is 37.3 Å². The highest BCUT2D eigenvalue weighted by molar-refractivity contribution is 5.74. The topological polar surface area (TPSA) is 48.1 Å². The molecule has 0 spiro atoms. The SMILES string of the molecule is CCCOc1ccc(-c2cc(C)cnc2N)cc1. The van der Waals surface area contributed by atoms with Gasteiger partial charge in [0.15, 0.2) is 0 Å². The van der Waals surface area contributed by atoms with E-state index in [-0.39, 0.29) is 0 Å². The predicted octanol–water partition coefficient (Wildman–Crippen LogP) is 3.43. The van der Waals surface area contributed by atoms with Gasteiger partial charge in [-0.05, 0) is 42.7 Å². The van der Waals surface area contributed by atoms with E-state index in [9.17, 15) is 0 Å². The largest absolute Gasteiger partial charge is 0.494 e. The fraction of sp³-hybridized carbons (Fsp3) is 0.267. The molecule has 2 aromatic rings. The van der Waals surface area contributed by atoms with Crippen LogP contribution in [0.25, 0.3) is 11.1 Å². The van der Waals surface area contributed by atoms with Crippen LogP contribution in [0.1, 0.15) is 18.9 Å². The molecule has 0 saturated heterocycles. The van der Waals surface area contributed by atoms with Gasteiger partial charge in [0, 0.05) is 11.8 Å². The predicted molar refractivity (Wildman–Crippen MR) is 74.6 cm³/mol. The van der Waals surface area contributed by atoms with Crippen LogP contribution in [0.5, 0.6) is 5.75 Å². The molecule has 3 heteroatoms. The summed E-state index contributed by atoms with van der Waals surface area (Å²) < 4.78 is 5.55. The number of aromatic nitrogens is 1. The highest BCUT2D eigenvalue weighted by Gasteiger charge is 2.04. The molecule has 18 heavy (non-hydrogen) atoms. The Balaban J connectivity index is 2.25. The van der Waals surface area contributed by atoms with Crippen molar-refractivity contribution in [1.29, 1.82) is 0 Å². The zero-order chi connectivity index (χ0) is 13.0. The number of hydrogen-bond acceptors (Lipinski definition) is 3. The number of pyridine rings is 1. The number of nitrogens with two attached hydrogens (primary N) is 1. The van der Waals surface area contributed by atoms with Crippen LogP contribution in [0.15, 0.2) is 36.5 Å². The van der Waals surface area contributed by atoms with Crippen LogP contribution < -0.4 is 10.5 Å². The normalized spacial score (nSPS) is 10.3. The van der Waals surface area contributed by atoms with Crippen LogP contribution in [0.4, 0.5) is 5.82 Å². The smallest absolute Gasteiger partial charge is 0.131 e. The maximum absolute atomic E-state index is 5.90. The second-order valence-electron chi connectivity index (χ2n) is 4.32. The fourth-order valence-corrected chi connectivity index (χ4v) is 1.76. The lowest BCUT2D eigenvalue weighted by molar-refractivity contribution is 0.317. The number of rotatable bonds is 4. The van der Waals surface area contributed by atoms with E-state index in [1.54, 1.807) is 6.20 Å². The summed E-state index contributed by atoms with van der Waals surface area (Å²) in [4.78, 5) is 4.17. The van der Waals surface area contributed by atoms with Crippen molar-refractivity contribution in [1.82, 2.24) is 4.98 Å². The first kappa shape index (κ1) is 12.4. The van der Waals surface area contributed by atoms with Gasteiger partial charge in [0.05, 0.1) is 6.61 Å². The van der Waals surface area contributed by atoms with E-state index in [4.69, 9.17) is 10.5 Å². The van der Waals surface area contributed by atoms with Gasteiger partial charge in [0.1, 0.15) is 11.6 Å². The van der Waals surface area contributed by atoms with Crippen molar-refractivity contribution in [3.05, 3.63) is 42.1 Å². The number of ether oxygens (including phenoxy) is 1. The van der Waals surface area contributed by atoms with Gasteiger partial charge in [0.2, 0.25) is 0 Å². The summed E-state index contributed by atoms with van der Waals surface area (Å²) >= 11 is 0. The molecule has 0 atom stereocenters. The summed E-state index contributed by atoms with van der Waals surface area (Å²) in [5.41, 5.74) is 9.03. The third-order valence-electron chi connectivity index (χ3n) is 2.69. The summed E-state index contributed by atoms with van der Waals surface area (Å²) in [6.45, 7) is 4.84. The van der Waals surface area contributed by atoms with Crippen molar-refractivity contribution in [3.8, 4) is 16.9 Å². The highest BCUT2D eigenvalue weighted by atomic mass is 16.5. The van der Waals surface area contributed by atoms with E-state index in [2.05, 4.69) is 11.9 Å². The van der Waals surface area contributed by atoms with Gasteiger partial charge in [-0.25, -0.2) is 4.98 Å². The molecular weight excluding hydrogens is 224 g/mol. The number of aryl methyl sites for hydroxylation is 1. The molecule has 2 N–H and O–H groups in total. The van der Waals surface area contributed by atoms with Gasteiger partial charge in [-0.2, -0.15) is 0 Å². The third kappa shape index (κ3) is 2.80. The average molecular weight is 242 g/mol. The number of anilines is 1. The molecule has 0 saturated carbocycles. The van der Waals surface area contributed by atoms with Crippen LogP contribution in [0, 0.1) is 6.92 Å². The molecule has 0 radical (unpaired) electrons. The Labute approximate surface area is 108 Å². The zero-order valence-corrected chi connectivity index (χ0v) is 10.8. The van der Waals surface area contributed by atoms with Gasteiger partial charge in [-0.3, -0.25) is 0 Å². The Morgan fingerprint density at radius 2 is 1.94 bits per heavy atom. The Morgan fingerprint density at radius 3 is 2.61 bits per heavy atom. The average Bonchev–Trinajstić information content (AvgIpc) is 2.40. The summed E-state index contributed by atoms with van der Waals surface area (Å²) in [7, 11) is 0. The Morgan fingerprint density at radius 1 is 1.22 bits per heavy atom. The Bertz CT molecular complexity index is 521. The minimum atomic E-state index is 0.558. The molecule has 94 valence electrons. The standard InChI is InChI=1S/C15H18N2O/c1-3-8-18-13-6-4-12(5-7-13)14-9-11(2)10-17-15(14)16/h4-7,9-10H,3,8H2,1-2H3,(H2,16,17). The van der Waals surface area contributed by atoms with Crippen molar-refractivity contribution < 1.29 is 4.74 Å². The molecule has 1 heterocycles. The highest BCUT2D eigenvalue weighted by Crippen LogP contribution is 2.26. The summed E-state index contributed by atoms with van der Waals surface area (Å²) in [6.07, 6.45) is 2.79. The molecule has 0 amide bonds. The first-order chi connectivity index (χ1) is 8.70. The van der Waals surface area contributed by atoms with Crippen LogP contribution in [-0.4, -0.2) is 11.6 Å². The second kappa shape index (κ2) is 5.54. The molecular formula is C15H18N2O. The second-order valence-corrected chi connectivity index (χ2v) is 4.32. The van der Waals surface area contributed by atoms with E-state index in [0.717, 1.165) is 35.5 Å². The quantitative estimate of drug-likeness (QED) is 0.893. The van der Waals surface area contributed by atoms with Crippen LogP contribution >= 0.6 is 0 Å². The van der Waals surface area contributed by atoms with Crippen molar-refractivity contribution in [2.24, 2.45) is 0 Å². The number of benzene rings is 1. The minimum absolute atomic E-state index is 0.558. The van der Waals surface area contributed by atoms with Crippen molar-refractivity contribution in [3.63, 3.8) is 0 Å². The van der Waals surface area contributed by atoms with Crippen molar-refractivity contribution in [2.45, 2.75) is 20.3 Å². The molecule has 0 fully saturated rings. The first-order valence-corrected chi connectivity index (χ1v) is 6.16. The number of hydrogen-bond donors (Lipinski definition) is 1. The maximum atomic E-state index is 5.90. The third-order valence-corrected chi connectivity index (χ3v) is 2.69. The van der Waals surface area contributed by atoms with Crippen LogP contribution in [0.2, 0.25) is 0 Å². The lowest BCUT2D eigenvalue weighted by Gasteiger charge is -2.08. The lowest BCUT2D eigenvalue weighted by atomic mass is 10.1. The minimum Gasteiger partial charge on any atom is -0.494 e. The van der Waals surface area contributed by atoms with E-state index in [1.165, 1.54) is 0 Å². The number of nitrogens with zero attached hydrogens (tertiary/aromatic N) is 1. The summed E-state index contributed by atoms with van der Waals surface area (Å²) in [5, 5.41) is 0. The fourth-order valence-electron chi connectivity index (χ4n) is 1.76. The molecule has 3 nitrogen and oxygen atoms in total. The molecule has 1 aromatic heterocycles. The molecule has 0 bridgehead atoms. The molecule has 0 aliphatic heterocycles. The zero-order valence-electron chi connectivity index (χ0n) is 10.8. The summed E-state index contributed by atoms with van der Waals surface area (Å²) in [6, 6.07) is 10.00.